The number of amides is 2. The molecule has 0 radical (unpaired) electrons. The number of carboxylic acids is 1. The van der Waals surface area contributed by atoms with Crippen molar-refractivity contribution in [3.8, 4) is 0 Å². The quantitative estimate of drug-likeness (QED) is 0.534. The molecule has 0 aromatic heterocycles. The van der Waals surface area contributed by atoms with Crippen LogP contribution in [0.3, 0.4) is 0 Å². The summed E-state index contributed by atoms with van der Waals surface area (Å²) in [6.07, 6.45) is -3.04. The fraction of sp³-hybridized carbons (Fsp3) is 0.824. The summed E-state index contributed by atoms with van der Waals surface area (Å²) in [5.41, 5.74) is -1.42. The molecule has 9 nitrogen and oxygen atoms in total. The van der Waals surface area contributed by atoms with Crippen LogP contribution in [0.25, 0.3) is 0 Å². The summed E-state index contributed by atoms with van der Waals surface area (Å²) < 4.78 is 10.2. The number of nitrogens with one attached hydrogen (secondary N) is 2. The maximum atomic E-state index is 11.8. The highest BCUT2D eigenvalue weighted by Gasteiger charge is 2.27. The van der Waals surface area contributed by atoms with Gasteiger partial charge in [0.05, 0.1) is 18.6 Å². The third-order valence-electron chi connectivity index (χ3n) is 2.99. The number of aliphatic carboxylic acids is 1. The fourth-order valence-electron chi connectivity index (χ4n) is 1.96. The van der Waals surface area contributed by atoms with Crippen molar-refractivity contribution in [3.05, 3.63) is 0 Å². The number of carbonyl (C=O) groups excluding carboxylic acids is 2. The highest BCUT2D eigenvalue weighted by Crippen LogP contribution is 2.12. The molecule has 4 N–H and O–H groups in total. The van der Waals surface area contributed by atoms with Gasteiger partial charge in [0.2, 0.25) is 0 Å². The molecule has 0 aliphatic heterocycles. The van der Waals surface area contributed by atoms with Gasteiger partial charge in [0.15, 0.2) is 0 Å². The summed E-state index contributed by atoms with van der Waals surface area (Å²) in [6, 6.07) is -1.57. The van der Waals surface area contributed by atoms with Crippen LogP contribution in [0, 0.1) is 0 Å². The van der Waals surface area contributed by atoms with Crippen LogP contribution in [0.5, 0.6) is 0 Å². The van der Waals surface area contributed by atoms with Crippen LogP contribution < -0.4 is 10.6 Å². The molecular weight excluding hydrogens is 344 g/mol. The van der Waals surface area contributed by atoms with E-state index in [1.165, 1.54) is 0 Å². The van der Waals surface area contributed by atoms with E-state index in [4.69, 9.17) is 14.6 Å². The second-order valence-corrected chi connectivity index (χ2v) is 8.18. The van der Waals surface area contributed by atoms with Crippen molar-refractivity contribution in [3.63, 3.8) is 0 Å². The van der Waals surface area contributed by atoms with E-state index in [0.29, 0.717) is 0 Å². The van der Waals surface area contributed by atoms with Gasteiger partial charge in [-0.3, -0.25) is 4.79 Å². The number of carboxylic acid groups (broad SMARTS) is 1. The maximum absolute atomic E-state index is 11.8. The van der Waals surface area contributed by atoms with Crippen molar-refractivity contribution in [1.29, 1.82) is 0 Å². The molecule has 0 heterocycles. The van der Waals surface area contributed by atoms with E-state index in [1.54, 1.807) is 48.5 Å². The molecule has 0 saturated heterocycles. The SMILES string of the molecule is C[C@H](NC(=O)OC(C)(C)C)[C@H](O)C[C@@H](CC(=O)O)NC(=O)OC(C)(C)C. The largest absolute Gasteiger partial charge is 0.481 e. The molecule has 3 atom stereocenters. The van der Waals surface area contributed by atoms with Crippen molar-refractivity contribution in [2.75, 3.05) is 0 Å². The summed E-state index contributed by atoms with van der Waals surface area (Å²) in [6.45, 7) is 11.7. The average molecular weight is 376 g/mol. The second kappa shape index (κ2) is 9.61. The Balaban J connectivity index is 4.75. The van der Waals surface area contributed by atoms with Gasteiger partial charge in [0.1, 0.15) is 11.2 Å². The monoisotopic (exact) mass is 376 g/mol. The van der Waals surface area contributed by atoms with Crippen molar-refractivity contribution < 1.29 is 34.1 Å². The Morgan fingerprint density at radius 1 is 0.923 bits per heavy atom. The number of aliphatic hydroxyl groups excluding tert-OH is 1. The number of rotatable bonds is 7. The van der Waals surface area contributed by atoms with E-state index in [9.17, 15) is 19.5 Å². The van der Waals surface area contributed by atoms with Crippen LogP contribution in [-0.4, -0.2) is 57.8 Å². The topological polar surface area (TPSA) is 134 Å². The van der Waals surface area contributed by atoms with Crippen LogP contribution in [0.4, 0.5) is 9.59 Å². The predicted octanol–water partition coefficient (Wildman–Crippen LogP) is 2.02. The number of hydrogen-bond donors (Lipinski definition) is 4. The van der Waals surface area contributed by atoms with Gasteiger partial charge in [-0.15, -0.1) is 0 Å². The highest BCUT2D eigenvalue weighted by atomic mass is 16.6. The third-order valence-corrected chi connectivity index (χ3v) is 2.99. The van der Waals surface area contributed by atoms with Gasteiger partial charge in [-0.1, -0.05) is 0 Å². The van der Waals surface area contributed by atoms with Gasteiger partial charge in [-0.25, -0.2) is 9.59 Å². The molecule has 152 valence electrons. The smallest absolute Gasteiger partial charge is 0.407 e. The molecular formula is C17H32N2O7. The number of ether oxygens (including phenoxy) is 2. The molecule has 0 aliphatic carbocycles. The molecule has 0 bridgehead atoms. The lowest BCUT2D eigenvalue weighted by molar-refractivity contribution is -0.137. The molecule has 2 amide bonds. The van der Waals surface area contributed by atoms with Gasteiger partial charge >= 0.3 is 18.2 Å². The minimum absolute atomic E-state index is 0.0808. The van der Waals surface area contributed by atoms with E-state index in [-0.39, 0.29) is 6.42 Å². The maximum Gasteiger partial charge on any atom is 0.407 e. The molecule has 0 saturated carbocycles. The minimum Gasteiger partial charge on any atom is -0.481 e. The first-order chi connectivity index (χ1) is 11.6. The highest BCUT2D eigenvalue weighted by molar-refractivity contribution is 5.71. The van der Waals surface area contributed by atoms with E-state index in [1.807, 2.05) is 0 Å². The first kappa shape index (κ1) is 24.0. The zero-order valence-electron chi connectivity index (χ0n) is 16.6. The number of hydrogen-bond acceptors (Lipinski definition) is 6. The predicted molar refractivity (Wildman–Crippen MR) is 94.9 cm³/mol. The molecule has 0 fully saturated rings. The second-order valence-electron chi connectivity index (χ2n) is 8.18. The Morgan fingerprint density at radius 3 is 1.73 bits per heavy atom. The standard InChI is InChI=1S/C17H32N2O7/c1-10(18-14(23)25-16(2,3)4)12(20)8-11(9-13(21)22)19-15(24)26-17(5,6)7/h10-12,20H,8-9H2,1-7H3,(H,18,23)(H,19,24)(H,21,22)/t10-,11-,12+/m0/s1. The number of aliphatic hydroxyl groups is 1. The summed E-state index contributed by atoms with van der Waals surface area (Å²) in [5, 5.41) is 24.1. The van der Waals surface area contributed by atoms with Crippen LogP contribution in [-0.2, 0) is 14.3 Å². The lowest BCUT2D eigenvalue weighted by atomic mass is 10.0. The molecule has 0 unspecified atom stereocenters. The Hall–Kier alpha value is -2.03. The fourth-order valence-corrected chi connectivity index (χ4v) is 1.96. The minimum atomic E-state index is -1.13. The Kier molecular flexibility index (Phi) is 8.86. The van der Waals surface area contributed by atoms with Gasteiger partial charge in [0.25, 0.3) is 0 Å². The Labute approximate surface area is 154 Å². The lowest BCUT2D eigenvalue weighted by Gasteiger charge is -2.27. The Bertz CT molecular complexity index is 494. The van der Waals surface area contributed by atoms with Gasteiger partial charge < -0.3 is 30.3 Å². The van der Waals surface area contributed by atoms with Crippen molar-refractivity contribution in [2.24, 2.45) is 0 Å². The molecule has 26 heavy (non-hydrogen) atoms. The van der Waals surface area contributed by atoms with Crippen molar-refractivity contribution in [2.45, 2.75) is 90.7 Å². The zero-order chi connectivity index (χ0) is 20.7. The van der Waals surface area contributed by atoms with Crippen LogP contribution in [0.2, 0.25) is 0 Å². The first-order valence-electron chi connectivity index (χ1n) is 8.48. The number of alkyl carbamates (subject to hydrolysis) is 2. The van der Waals surface area contributed by atoms with E-state index in [2.05, 4.69) is 10.6 Å². The molecule has 0 aromatic rings. The van der Waals surface area contributed by atoms with Gasteiger partial charge in [-0.2, -0.15) is 0 Å². The van der Waals surface area contributed by atoms with Crippen molar-refractivity contribution in [1.82, 2.24) is 10.6 Å². The molecule has 0 spiro atoms. The van der Waals surface area contributed by atoms with Crippen LogP contribution in [0.15, 0.2) is 0 Å². The molecule has 9 heteroatoms. The van der Waals surface area contributed by atoms with Crippen LogP contribution >= 0.6 is 0 Å². The number of carbonyl (C=O) groups is 3. The summed E-state index contributed by atoms with van der Waals surface area (Å²) in [4.78, 5) is 34.6. The average Bonchev–Trinajstić information content (AvgIpc) is 2.32. The molecule has 0 aromatic carbocycles. The summed E-state index contributed by atoms with van der Waals surface area (Å²) in [5.74, 6) is -1.13. The molecule has 0 aliphatic rings. The van der Waals surface area contributed by atoms with Gasteiger partial charge in [-0.05, 0) is 54.9 Å². The lowest BCUT2D eigenvalue weighted by Crippen LogP contribution is -2.47. The Morgan fingerprint density at radius 2 is 1.35 bits per heavy atom. The van der Waals surface area contributed by atoms with E-state index in [0.717, 1.165) is 0 Å². The third kappa shape index (κ3) is 12.3. The first-order valence-corrected chi connectivity index (χ1v) is 8.48. The van der Waals surface area contributed by atoms with Crippen molar-refractivity contribution >= 4 is 18.2 Å². The van der Waals surface area contributed by atoms with Crippen LogP contribution in [0.1, 0.15) is 61.3 Å². The van der Waals surface area contributed by atoms with Gasteiger partial charge in [0, 0.05) is 6.04 Å². The normalized spacial score (nSPS) is 15.4. The summed E-state index contributed by atoms with van der Waals surface area (Å²) >= 11 is 0. The summed E-state index contributed by atoms with van der Waals surface area (Å²) in [7, 11) is 0. The van der Waals surface area contributed by atoms with E-state index >= 15 is 0 Å². The van der Waals surface area contributed by atoms with E-state index < -0.39 is 54.0 Å². The zero-order valence-corrected chi connectivity index (χ0v) is 16.6. The molecule has 0 rings (SSSR count).